The van der Waals surface area contributed by atoms with Crippen LogP contribution in [-0.2, 0) is 6.42 Å². The first-order valence-electron chi connectivity index (χ1n) is 9.17. The van der Waals surface area contributed by atoms with Crippen molar-refractivity contribution in [2.75, 3.05) is 11.9 Å². The highest BCUT2D eigenvalue weighted by atomic mass is 16.1. The van der Waals surface area contributed by atoms with Gasteiger partial charge in [-0.15, -0.1) is 10.2 Å². The molecule has 0 saturated carbocycles. The molecule has 142 valence electrons. The number of aromatic amines is 1. The number of fused-ring (bicyclic) bond motifs is 1. The van der Waals surface area contributed by atoms with Gasteiger partial charge in [0.25, 0.3) is 5.91 Å². The molecular weight excluding hydrogens is 364 g/mol. The number of aromatic nitrogens is 3. The number of nitrogens with zero attached hydrogens (tertiary/aromatic N) is 3. The fourth-order valence-corrected chi connectivity index (χ4v) is 3.04. The number of nitriles is 1. The van der Waals surface area contributed by atoms with E-state index in [0.717, 1.165) is 23.2 Å². The van der Waals surface area contributed by atoms with Crippen LogP contribution < -0.4 is 10.6 Å². The number of hydrogen-bond donors (Lipinski definition) is 3. The molecule has 0 spiro atoms. The number of rotatable bonds is 6. The summed E-state index contributed by atoms with van der Waals surface area (Å²) in [5.74, 6) is 0.257. The lowest BCUT2D eigenvalue weighted by atomic mass is 10.1. The lowest BCUT2D eigenvalue weighted by molar-refractivity contribution is 0.0948. The maximum absolute atomic E-state index is 12.3. The predicted octanol–water partition coefficient (Wildman–Crippen LogP) is 3.55. The standard InChI is InChI=1S/C22H18N6O/c23-13-15-5-7-17(8-6-15)26-21-10-9-20(27-28-21)22(29)24-12-11-16-14-25-19-4-2-1-3-18(16)19/h1-10,14,25H,11-12H2,(H,24,29)(H,26,28). The smallest absolute Gasteiger partial charge is 0.271 e. The molecule has 0 aliphatic heterocycles. The van der Waals surface area contributed by atoms with Crippen LogP contribution in [0.2, 0.25) is 0 Å². The number of amides is 1. The van der Waals surface area contributed by atoms with E-state index in [1.807, 2.05) is 24.4 Å². The van der Waals surface area contributed by atoms with Crippen molar-refractivity contribution < 1.29 is 4.79 Å². The fraction of sp³-hybridized carbons (Fsp3) is 0.0909. The van der Waals surface area contributed by atoms with Crippen LogP contribution in [0.15, 0.2) is 66.9 Å². The van der Waals surface area contributed by atoms with Crippen LogP contribution in [-0.4, -0.2) is 27.6 Å². The van der Waals surface area contributed by atoms with Gasteiger partial charge in [0.15, 0.2) is 11.5 Å². The van der Waals surface area contributed by atoms with Crippen LogP contribution >= 0.6 is 0 Å². The molecule has 0 aliphatic rings. The first-order chi connectivity index (χ1) is 14.2. The van der Waals surface area contributed by atoms with Crippen molar-refractivity contribution in [2.45, 2.75) is 6.42 Å². The van der Waals surface area contributed by atoms with Crippen molar-refractivity contribution in [2.24, 2.45) is 0 Å². The normalized spacial score (nSPS) is 10.4. The summed E-state index contributed by atoms with van der Waals surface area (Å²) < 4.78 is 0. The second kappa shape index (κ2) is 8.23. The Morgan fingerprint density at radius 3 is 2.62 bits per heavy atom. The Bertz CT molecular complexity index is 1170. The predicted molar refractivity (Wildman–Crippen MR) is 111 cm³/mol. The Labute approximate surface area is 167 Å². The molecule has 0 aliphatic carbocycles. The van der Waals surface area contributed by atoms with Crippen LogP contribution in [0.5, 0.6) is 0 Å². The topological polar surface area (TPSA) is 106 Å². The Hall–Kier alpha value is -4.18. The molecule has 0 fully saturated rings. The zero-order valence-electron chi connectivity index (χ0n) is 15.5. The number of H-pyrrole nitrogens is 1. The van der Waals surface area contributed by atoms with Gasteiger partial charge in [0.1, 0.15) is 0 Å². The van der Waals surface area contributed by atoms with Gasteiger partial charge in [-0.05, 0) is 54.4 Å². The van der Waals surface area contributed by atoms with Crippen molar-refractivity contribution in [3.63, 3.8) is 0 Å². The molecule has 0 bridgehead atoms. The summed E-state index contributed by atoms with van der Waals surface area (Å²) in [7, 11) is 0. The van der Waals surface area contributed by atoms with Gasteiger partial charge in [-0.1, -0.05) is 18.2 Å². The number of benzene rings is 2. The third-order valence-electron chi connectivity index (χ3n) is 4.54. The number of carbonyl (C=O) groups is 1. The molecular formula is C22H18N6O. The zero-order chi connectivity index (χ0) is 20.1. The second-order valence-electron chi connectivity index (χ2n) is 6.48. The molecule has 3 N–H and O–H groups in total. The van der Waals surface area contributed by atoms with Crippen LogP contribution in [0.1, 0.15) is 21.6 Å². The van der Waals surface area contributed by atoms with E-state index in [2.05, 4.69) is 38.0 Å². The SMILES string of the molecule is N#Cc1ccc(Nc2ccc(C(=O)NCCc3c[nH]c4ccccc34)nn2)cc1. The van der Waals surface area contributed by atoms with Gasteiger partial charge in [-0.2, -0.15) is 5.26 Å². The summed E-state index contributed by atoms with van der Waals surface area (Å²) in [6.07, 6.45) is 2.70. The van der Waals surface area contributed by atoms with Crippen molar-refractivity contribution >= 4 is 28.3 Å². The van der Waals surface area contributed by atoms with Crippen LogP contribution in [0, 0.1) is 11.3 Å². The molecule has 2 aromatic heterocycles. The van der Waals surface area contributed by atoms with E-state index in [9.17, 15) is 4.79 Å². The zero-order valence-corrected chi connectivity index (χ0v) is 15.5. The summed E-state index contributed by atoms with van der Waals surface area (Å²) in [6.45, 7) is 0.508. The molecule has 1 amide bonds. The fourth-order valence-electron chi connectivity index (χ4n) is 3.04. The van der Waals surface area contributed by atoms with Gasteiger partial charge in [0.2, 0.25) is 0 Å². The Morgan fingerprint density at radius 2 is 1.86 bits per heavy atom. The van der Waals surface area contributed by atoms with Crippen molar-refractivity contribution in [3.8, 4) is 6.07 Å². The first kappa shape index (κ1) is 18.2. The molecule has 4 aromatic rings. The molecule has 4 rings (SSSR count). The van der Waals surface area contributed by atoms with Crippen LogP contribution in [0.4, 0.5) is 11.5 Å². The number of hydrogen-bond acceptors (Lipinski definition) is 5. The third-order valence-corrected chi connectivity index (χ3v) is 4.54. The molecule has 7 nitrogen and oxygen atoms in total. The maximum atomic E-state index is 12.3. The van der Waals surface area contributed by atoms with Gasteiger partial charge in [0.05, 0.1) is 11.6 Å². The number of nitrogens with one attached hydrogen (secondary N) is 3. The second-order valence-corrected chi connectivity index (χ2v) is 6.48. The highest BCUT2D eigenvalue weighted by molar-refractivity contribution is 5.92. The Balaban J connectivity index is 1.32. The quantitative estimate of drug-likeness (QED) is 0.473. The molecule has 0 saturated heterocycles. The molecule has 0 atom stereocenters. The summed E-state index contributed by atoms with van der Waals surface area (Å²) in [6, 6.07) is 20.5. The van der Waals surface area contributed by atoms with Crippen LogP contribution in [0.25, 0.3) is 10.9 Å². The minimum absolute atomic E-state index is 0.259. The monoisotopic (exact) mass is 382 g/mol. The number of carbonyl (C=O) groups excluding carboxylic acids is 1. The molecule has 2 heterocycles. The van der Waals surface area contributed by atoms with Gasteiger partial charge in [-0.25, -0.2) is 0 Å². The summed E-state index contributed by atoms with van der Waals surface area (Å²) in [5.41, 5.74) is 3.88. The third kappa shape index (κ3) is 4.22. The van der Waals surface area contributed by atoms with Crippen LogP contribution in [0.3, 0.4) is 0 Å². The highest BCUT2D eigenvalue weighted by Crippen LogP contribution is 2.18. The Kier molecular flexibility index (Phi) is 5.16. The number of para-hydroxylation sites is 1. The molecule has 7 heteroatoms. The lowest BCUT2D eigenvalue weighted by Crippen LogP contribution is -2.26. The minimum Gasteiger partial charge on any atom is -0.361 e. The Morgan fingerprint density at radius 1 is 1.03 bits per heavy atom. The van der Waals surface area contributed by atoms with E-state index in [0.29, 0.717) is 17.9 Å². The van der Waals surface area contributed by atoms with Gasteiger partial charge >= 0.3 is 0 Å². The van der Waals surface area contributed by atoms with Crippen molar-refractivity contribution in [1.29, 1.82) is 5.26 Å². The van der Waals surface area contributed by atoms with E-state index >= 15 is 0 Å². The van der Waals surface area contributed by atoms with E-state index in [-0.39, 0.29) is 11.6 Å². The molecule has 0 unspecified atom stereocenters. The largest absolute Gasteiger partial charge is 0.361 e. The molecule has 29 heavy (non-hydrogen) atoms. The average molecular weight is 382 g/mol. The van der Waals surface area contributed by atoms with Gasteiger partial charge in [-0.3, -0.25) is 4.79 Å². The first-order valence-corrected chi connectivity index (χ1v) is 9.17. The van der Waals surface area contributed by atoms with Gasteiger partial charge < -0.3 is 15.6 Å². The summed E-state index contributed by atoms with van der Waals surface area (Å²) in [4.78, 5) is 15.5. The average Bonchev–Trinajstić information content (AvgIpc) is 3.18. The van der Waals surface area contributed by atoms with E-state index in [1.165, 1.54) is 5.39 Å². The van der Waals surface area contributed by atoms with E-state index in [1.54, 1.807) is 36.4 Å². The maximum Gasteiger partial charge on any atom is 0.271 e. The molecule has 0 radical (unpaired) electrons. The van der Waals surface area contributed by atoms with E-state index < -0.39 is 0 Å². The van der Waals surface area contributed by atoms with E-state index in [4.69, 9.17) is 5.26 Å². The minimum atomic E-state index is -0.262. The highest BCUT2D eigenvalue weighted by Gasteiger charge is 2.09. The van der Waals surface area contributed by atoms with Crippen molar-refractivity contribution in [3.05, 3.63) is 83.7 Å². The molecule has 2 aromatic carbocycles. The van der Waals surface area contributed by atoms with Gasteiger partial charge in [0, 0.05) is 29.3 Å². The summed E-state index contributed by atoms with van der Waals surface area (Å²) >= 11 is 0. The lowest BCUT2D eigenvalue weighted by Gasteiger charge is -2.06. The number of anilines is 2. The van der Waals surface area contributed by atoms with Crippen molar-refractivity contribution in [1.82, 2.24) is 20.5 Å². The summed E-state index contributed by atoms with van der Waals surface area (Å²) in [5, 5.41) is 24.0.